The first-order valence-electron chi connectivity index (χ1n) is 12.0. The number of carboxylic acid groups (broad SMARTS) is 1. The van der Waals surface area contributed by atoms with Gasteiger partial charge >= 0.3 is 5.97 Å². The molecule has 5 heteroatoms. The number of epoxide rings is 1. The SMILES string of the molecule is CCCCCCCCCCCCCC[C@]1(COC(CC(=O)O)C[N+](C)(C)C)CO1. The van der Waals surface area contributed by atoms with Gasteiger partial charge in [-0.25, -0.2) is 0 Å². The van der Waals surface area contributed by atoms with Gasteiger partial charge in [0.25, 0.3) is 0 Å². The van der Waals surface area contributed by atoms with Crippen molar-refractivity contribution < 1.29 is 23.9 Å². The van der Waals surface area contributed by atoms with Crippen molar-refractivity contribution in [2.24, 2.45) is 0 Å². The minimum absolute atomic E-state index is 0.0597. The summed E-state index contributed by atoms with van der Waals surface area (Å²) in [5.74, 6) is -0.796. The summed E-state index contributed by atoms with van der Waals surface area (Å²) < 4.78 is 12.4. The Bertz CT molecular complexity index is 429. The fraction of sp³-hybridized carbons (Fsp3) is 0.958. The number of carbonyl (C=O) groups is 1. The highest BCUT2D eigenvalue weighted by molar-refractivity contribution is 5.67. The lowest BCUT2D eigenvalue weighted by molar-refractivity contribution is -0.873. The summed E-state index contributed by atoms with van der Waals surface area (Å²) in [6.45, 7) is 4.26. The third-order valence-corrected chi connectivity index (χ3v) is 5.77. The van der Waals surface area contributed by atoms with Crippen molar-refractivity contribution in [1.29, 1.82) is 0 Å². The number of rotatable bonds is 20. The molecule has 1 unspecified atom stereocenters. The molecule has 5 nitrogen and oxygen atoms in total. The lowest BCUT2D eigenvalue weighted by Gasteiger charge is -2.29. The molecule has 1 aliphatic heterocycles. The van der Waals surface area contributed by atoms with Gasteiger partial charge in [-0.05, 0) is 6.42 Å². The molecular weight excluding hydrogens is 366 g/mol. The first kappa shape index (κ1) is 26.4. The van der Waals surface area contributed by atoms with Crippen LogP contribution in [0.4, 0.5) is 0 Å². The number of carboxylic acids is 1. The van der Waals surface area contributed by atoms with Crippen molar-refractivity contribution in [2.75, 3.05) is 40.9 Å². The van der Waals surface area contributed by atoms with E-state index in [4.69, 9.17) is 14.6 Å². The molecule has 0 radical (unpaired) electrons. The van der Waals surface area contributed by atoms with Crippen molar-refractivity contribution in [3.63, 3.8) is 0 Å². The van der Waals surface area contributed by atoms with Crippen molar-refractivity contribution in [1.82, 2.24) is 0 Å². The molecule has 0 aliphatic carbocycles. The maximum Gasteiger partial charge on any atom is 0.306 e. The van der Waals surface area contributed by atoms with E-state index in [9.17, 15) is 4.79 Å². The number of quaternary nitrogens is 1. The molecule has 0 spiro atoms. The van der Waals surface area contributed by atoms with Gasteiger partial charge < -0.3 is 19.1 Å². The van der Waals surface area contributed by atoms with E-state index >= 15 is 0 Å². The van der Waals surface area contributed by atoms with Crippen LogP contribution in [0.15, 0.2) is 0 Å². The molecule has 1 fully saturated rings. The lowest BCUT2D eigenvalue weighted by Crippen LogP contribution is -2.44. The molecule has 172 valence electrons. The van der Waals surface area contributed by atoms with Gasteiger partial charge in [0.1, 0.15) is 18.2 Å². The largest absolute Gasteiger partial charge is 0.481 e. The van der Waals surface area contributed by atoms with E-state index in [1.165, 1.54) is 77.0 Å². The Hall–Kier alpha value is -0.650. The first-order valence-corrected chi connectivity index (χ1v) is 12.0. The van der Waals surface area contributed by atoms with E-state index in [0.29, 0.717) is 17.6 Å². The van der Waals surface area contributed by atoms with Crippen molar-refractivity contribution in [3.05, 3.63) is 0 Å². The van der Waals surface area contributed by atoms with Gasteiger partial charge in [0.05, 0.1) is 40.8 Å². The number of aliphatic carboxylic acids is 1. The smallest absolute Gasteiger partial charge is 0.306 e. The Morgan fingerprint density at radius 3 is 1.86 bits per heavy atom. The van der Waals surface area contributed by atoms with Crippen LogP contribution < -0.4 is 0 Å². The molecular formula is C24H48NO4+. The Morgan fingerprint density at radius 2 is 1.45 bits per heavy atom. The predicted molar refractivity (Wildman–Crippen MR) is 119 cm³/mol. The van der Waals surface area contributed by atoms with E-state index in [2.05, 4.69) is 28.1 Å². The molecule has 1 saturated heterocycles. The van der Waals surface area contributed by atoms with Gasteiger partial charge in [-0.15, -0.1) is 0 Å². The van der Waals surface area contributed by atoms with Crippen molar-refractivity contribution in [3.8, 4) is 0 Å². The second-order valence-corrected chi connectivity index (χ2v) is 10.1. The number of nitrogens with zero attached hydrogens (tertiary/aromatic N) is 1. The van der Waals surface area contributed by atoms with E-state index < -0.39 is 5.97 Å². The monoisotopic (exact) mass is 414 g/mol. The molecule has 1 rings (SSSR count). The summed E-state index contributed by atoms with van der Waals surface area (Å²) in [6, 6.07) is 0. The maximum atomic E-state index is 11.1. The molecule has 1 N–H and O–H groups in total. The van der Waals surface area contributed by atoms with Crippen molar-refractivity contribution >= 4 is 5.97 Å². The zero-order valence-corrected chi connectivity index (χ0v) is 19.7. The highest BCUT2D eigenvalue weighted by atomic mass is 16.6. The zero-order valence-electron chi connectivity index (χ0n) is 19.7. The minimum Gasteiger partial charge on any atom is -0.481 e. The average molecular weight is 415 g/mol. The van der Waals surface area contributed by atoms with Crippen LogP contribution in [0.25, 0.3) is 0 Å². The molecule has 1 aliphatic rings. The molecule has 0 bridgehead atoms. The summed E-state index contributed by atoms with van der Waals surface area (Å²) in [5, 5.41) is 9.13. The fourth-order valence-electron chi connectivity index (χ4n) is 3.94. The Morgan fingerprint density at radius 1 is 0.966 bits per heavy atom. The van der Waals surface area contributed by atoms with Crippen LogP contribution in [0.5, 0.6) is 0 Å². The summed E-state index contributed by atoms with van der Waals surface area (Å²) in [4.78, 5) is 11.1. The van der Waals surface area contributed by atoms with Gasteiger partial charge in [0.2, 0.25) is 0 Å². The highest BCUT2D eigenvalue weighted by Gasteiger charge is 2.45. The predicted octanol–water partition coefficient (Wildman–Crippen LogP) is 5.41. The van der Waals surface area contributed by atoms with Crippen LogP contribution in [0.2, 0.25) is 0 Å². The highest BCUT2D eigenvalue weighted by Crippen LogP contribution is 2.34. The number of hydrogen-bond acceptors (Lipinski definition) is 3. The second kappa shape index (κ2) is 14.4. The van der Waals surface area contributed by atoms with Crippen LogP contribution in [0.3, 0.4) is 0 Å². The number of ether oxygens (including phenoxy) is 2. The van der Waals surface area contributed by atoms with Crippen LogP contribution in [0.1, 0.15) is 96.8 Å². The topological polar surface area (TPSA) is 59.1 Å². The summed E-state index contributed by atoms with van der Waals surface area (Å²) in [7, 11) is 6.19. The fourth-order valence-corrected chi connectivity index (χ4v) is 3.94. The summed E-state index contributed by atoms with van der Waals surface area (Å²) in [5.41, 5.74) is -0.139. The number of unbranched alkanes of at least 4 members (excludes halogenated alkanes) is 11. The molecule has 0 amide bonds. The summed E-state index contributed by atoms with van der Waals surface area (Å²) in [6.07, 6.45) is 17.1. The van der Waals surface area contributed by atoms with Crippen LogP contribution in [-0.2, 0) is 14.3 Å². The van der Waals surface area contributed by atoms with Gasteiger partial charge in [0, 0.05) is 0 Å². The van der Waals surface area contributed by atoms with E-state index in [-0.39, 0.29) is 18.1 Å². The molecule has 2 atom stereocenters. The molecule has 0 saturated carbocycles. The van der Waals surface area contributed by atoms with Crippen LogP contribution >= 0.6 is 0 Å². The third-order valence-electron chi connectivity index (χ3n) is 5.77. The molecule has 29 heavy (non-hydrogen) atoms. The van der Waals surface area contributed by atoms with Crippen LogP contribution in [-0.4, -0.2) is 68.2 Å². The van der Waals surface area contributed by atoms with Gasteiger partial charge in [-0.1, -0.05) is 84.0 Å². The van der Waals surface area contributed by atoms with E-state index in [0.717, 1.165) is 13.0 Å². The molecule has 0 aromatic carbocycles. The Balaban J connectivity index is 2.05. The number of likely N-dealkylation sites (N-methyl/N-ethyl adjacent to an activating group) is 1. The molecule has 0 aromatic heterocycles. The average Bonchev–Trinajstić information content (AvgIpc) is 3.39. The zero-order chi connectivity index (χ0) is 21.6. The van der Waals surface area contributed by atoms with Gasteiger partial charge in [0.15, 0.2) is 0 Å². The standard InChI is InChI=1S/C24H47NO4/c1-5-6-7-8-9-10-11-12-13-14-15-16-17-24(21-29-24)20-28-22(18-23(26)27)19-25(2,3)4/h22H,5-21H2,1-4H3/p+1/t22?,24-/m0/s1. The second-order valence-electron chi connectivity index (χ2n) is 10.1. The van der Waals surface area contributed by atoms with Crippen molar-refractivity contribution in [2.45, 2.75) is 109 Å². The third kappa shape index (κ3) is 14.9. The first-order chi connectivity index (χ1) is 13.8. The van der Waals surface area contributed by atoms with E-state index in [1.807, 2.05) is 0 Å². The lowest BCUT2D eigenvalue weighted by atomic mass is 10.0. The minimum atomic E-state index is -0.796. The van der Waals surface area contributed by atoms with E-state index in [1.54, 1.807) is 0 Å². The Labute approximate surface area is 179 Å². The normalized spacial score (nSPS) is 20.0. The molecule has 0 aromatic rings. The van der Waals surface area contributed by atoms with Gasteiger partial charge in [-0.3, -0.25) is 4.79 Å². The maximum absolute atomic E-state index is 11.1. The molecule has 1 heterocycles. The van der Waals surface area contributed by atoms with Crippen LogP contribution in [0, 0.1) is 0 Å². The summed E-state index contributed by atoms with van der Waals surface area (Å²) >= 11 is 0. The van der Waals surface area contributed by atoms with Gasteiger partial charge in [-0.2, -0.15) is 0 Å². The number of hydrogen-bond donors (Lipinski definition) is 1. The quantitative estimate of drug-likeness (QED) is 0.164. The Kier molecular flexibility index (Phi) is 13.1.